The summed E-state index contributed by atoms with van der Waals surface area (Å²) < 4.78 is 23.1. The van der Waals surface area contributed by atoms with Crippen LogP contribution in [0.5, 0.6) is 0 Å². The van der Waals surface area contributed by atoms with Crippen molar-refractivity contribution < 1.29 is 62.3 Å². The van der Waals surface area contributed by atoms with Crippen molar-refractivity contribution >= 4 is 37.7 Å². The fourth-order valence-corrected chi connectivity index (χ4v) is 0. The van der Waals surface area contributed by atoms with Crippen molar-refractivity contribution in [3.05, 3.63) is 0 Å². The van der Waals surface area contributed by atoms with E-state index in [0.29, 0.717) is 0 Å². The van der Waals surface area contributed by atoms with Crippen LogP contribution in [0.2, 0.25) is 0 Å². The quantitative estimate of drug-likeness (QED) is 0.499. The monoisotopic (exact) mass is 286 g/mol. The van der Waals surface area contributed by atoms with Crippen molar-refractivity contribution in [3.63, 3.8) is 0 Å². The molecule has 0 bridgehead atoms. The van der Waals surface area contributed by atoms with Gasteiger partial charge < -0.3 is 0 Å². The van der Waals surface area contributed by atoms with Crippen LogP contribution < -0.4 is 0 Å². The minimum atomic E-state index is -3.15. The molecular formula is H4CaLaMnO3. The van der Waals surface area contributed by atoms with Gasteiger partial charge in [0.2, 0.25) is 0 Å². The van der Waals surface area contributed by atoms with E-state index in [4.69, 9.17) is 12.2 Å². The first-order chi connectivity index (χ1) is 1.73. The second-order valence-electron chi connectivity index (χ2n) is 0.214. The Morgan fingerprint density at radius 3 is 1.33 bits per heavy atom. The molecule has 0 saturated heterocycles. The third-order valence-corrected chi connectivity index (χ3v) is 0. The fraction of sp³-hybridized carbons (Fsp3) is 0. The minimum absolute atomic E-state index is 0. The van der Waals surface area contributed by atoms with Crippen LogP contribution in [0, 0.1) is 35.6 Å². The fourth-order valence-electron chi connectivity index (χ4n) is 0. The van der Waals surface area contributed by atoms with Gasteiger partial charge in [-0.3, -0.25) is 0 Å². The van der Waals surface area contributed by atoms with Gasteiger partial charge in [0.15, 0.2) is 0 Å². The zero-order valence-corrected chi connectivity index (χ0v) is 7.06. The number of hydrogen-bond donors (Lipinski definition) is 2. The van der Waals surface area contributed by atoms with Crippen LogP contribution in [-0.4, -0.2) is 46.1 Å². The van der Waals surface area contributed by atoms with Crippen molar-refractivity contribution in [3.8, 4) is 0 Å². The Morgan fingerprint density at radius 2 is 1.33 bits per heavy atom. The summed E-state index contributed by atoms with van der Waals surface area (Å²) in [7, 11) is 0. The van der Waals surface area contributed by atoms with E-state index in [2.05, 4.69) is 0 Å². The number of hydrogen-bond acceptors (Lipinski definition) is 1. The third-order valence-electron chi connectivity index (χ3n) is 0. The van der Waals surface area contributed by atoms with Gasteiger partial charge in [0.05, 0.1) is 0 Å². The van der Waals surface area contributed by atoms with Crippen molar-refractivity contribution in [2.45, 2.75) is 0 Å². The van der Waals surface area contributed by atoms with Crippen LogP contribution in [0.15, 0.2) is 0 Å². The van der Waals surface area contributed by atoms with Crippen molar-refractivity contribution in [2.75, 3.05) is 0 Å². The Kier molecular flexibility index (Phi) is 28.1. The number of rotatable bonds is 0. The molecule has 34 valence electrons. The molecule has 0 rings (SSSR count). The van der Waals surface area contributed by atoms with E-state index >= 15 is 0 Å². The van der Waals surface area contributed by atoms with E-state index in [0.717, 1.165) is 0 Å². The average molecular weight is 286 g/mol. The van der Waals surface area contributed by atoms with Crippen LogP contribution in [0.25, 0.3) is 0 Å². The van der Waals surface area contributed by atoms with E-state index in [1.807, 2.05) is 0 Å². The van der Waals surface area contributed by atoms with E-state index in [1.165, 1.54) is 0 Å². The van der Waals surface area contributed by atoms with Crippen LogP contribution in [0.4, 0.5) is 0 Å². The van der Waals surface area contributed by atoms with Gasteiger partial charge in [0.25, 0.3) is 0 Å². The first-order valence-electron chi connectivity index (χ1n) is 0.492. The van der Waals surface area contributed by atoms with Gasteiger partial charge in [-0.25, -0.2) is 0 Å². The Balaban J connectivity index is -0.0000000450. The molecule has 0 aromatic carbocycles. The third kappa shape index (κ3) is 29.9. The summed E-state index contributed by atoms with van der Waals surface area (Å²) in [4.78, 5) is 0. The molecule has 0 aromatic heterocycles. The van der Waals surface area contributed by atoms with E-state index in [1.54, 1.807) is 0 Å². The van der Waals surface area contributed by atoms with Crippen molar-refractivity contribution in [2.24, 2.45) is 0 Å². The molecule has 0 spiro atoms. The maximum absolute atomic E-state index is 8.74. The molecular weight excluding hydrogens is 282 g/mol. The first-order valence-corrected chi connectivity index (χ1v) is 2.03. The molecule has 6 heavy (non-hydrogen) atoms. The summed E-state index contributed by atoms with van der Waals surface area (Å²) in [6.45, 7) is 0. The molecule has 0 fully saturated rings. The summed E-state index contributed by atoms with van der Waals surface area (Å²) in [6, 6.07) is 0. The van der Waals surface area contributed by atoms with Gasteiger partial charge in [-0.1, -0.05) is 0 Å². The predicted octanol–water partition coefficient (Wildman–Crippen LogP) is -2.15. The summed E-state index contributed by atoms with van der Waals surface area (Å²) in [5.74, 6) is 0. The molecule has 0 aromatic rings. The van der Waals surface area contributed by atoms with Crippen molar-refractivity contribution in [1.82, 2.24) is 0 Å². The van der Waals surface area contributed by atoms with Gasteiger partial charge >= 0.3 is 64.4 Å². The van der Waals surface area contributed by atoms with E-state index < -0.39 is 14.5 Å². The van der Waals surface area contributed by atoms with Gasteiger partial charge in [0, 0.05) is 35.6 Å². The zero-order chi connectivity index (χ0) is 3.58. The summed E-state index contributed by atoms with van der Waals surface area (Å²) >= 11 is -3.15. The Bertz CT molecular complexity index is 33.8. The van der Waals surface area contributed by atoms with Gasteiger partial charge in [-0.2, -0.15) is 0 Å². The van der Waals surface area contributed by atoms with E-state index in [-0.39, 0.29) is 73.3 Å². The second kappa shape index (κ2) is 10.6. The maximum atomic E-state index is 8.74. The topological polar surface area (TPSA) is 57.5 Å². The second-order valence-corrected chi connectivity index (χ2v) is 0.881. The molecule has 0 saturated carbocycles. The summed E-state index contributed by atoms with van der Waals surface area (Å²) in [5, 5.41) is 0. The normalized spacial score (nSPS) is 5.83. The molecule has 3 nitrogen and oxygen atoms in total. The molecule has 0 heterocycles. The Morgan fingerprint density at radius 1 is 1.33 bits per heavy atom. The average Bonchev–Trinajstić information content (AvgIpc) is 0.811. The molecule has 1 radical (unpaired) electrons. The molecule has 2 N–H and O–H groups in total. The van der Waals surface area contributed by atoms with Gasteiger partial charge in [0.1, 0.15) is 0 Å². The van der Waals surface area contributed by atoms with Crippen LogP contribution >= 0.6 is 0 Å². The molecule has 0 atom stereocenters. The molecule has 0 unspecified atom stereocenters. The van der Waals surface area contributed by atoms with E-state index in [9.17, 15) is 0 Å². The first kappa shape index (κ1) is 15.9. The Labute approximate surface area is 97.8 Å². The molecule has 0 aliphatic heterocycles. The zero-order valence-electron chi connectivity index (χ0n) is 2.26. The Hall–Kier alpha value is 2.69. The van der Waals surface area contributed by atoms with Gasteiger partial charge in [-0.05, 0) is 0 Å². The standard InChI is InChI=1S/Ca.La.Mn.2H2O.O.2H/h;;;2*1H2;;;/q;;+2;;;;;/p-2. The molecule has 6 heteroatoms. The summed E-state index contributed by atoms with van der Waals surface area (Å²) in [5.41, 5.74) is 0. The summed E-state index contributed by atoms with van der Waals surface area (Å²) in [6.07, 6.45) is 0. The molecule has 0 aliphatic rings. The van der Waals surface area contributed by atoms with Crippen LogP contribution in [0.3, 0.4) is 0 Å². The van der Waals surface area contributed by atoms with Crippen LogP contribution in [0.1, 0.15) is 0 Å². The molecule has 0 amide bonds. The predicted molar refractivity (Wildman–Crippen MR) is 13.7 cm³/mol. The van der Waals surface area contributed by atoms with Crippen LogP contribution in [-0.2, 0) is 18.3 Å². The van der Waals surface area contributed by atoms with Crippen molar-refractivity contribution in [1.29, 1.82) is 0 Å². The molecule has 0 aliphatic carbocycles. The SMILES string of the molecule is [CaH2].[La].[O]=[Mn]([OH])[OH]. The van der Waals surface area contributed by atoms with Gasteiger partial charge in [-0.15, -0.1) is 0 Å².